The molecular weight excluding hydrogens is 402 g/mol. The van der Waals surface area contributed by atoms with Crippen LogP contribution < -0.4 is 22.1 Å². The fourth-order valence-corrected chi connectivity index (χ4v) is 2.94. The third-order valence-corrected chi connectivity index (χ3v) is 4.44. The number of H-pyrrole nitrogens is 1. The van der Waals surface area contributed by atoms with Crippen LogP contribution in [0.2, 0.25) is 0 Å². The Balaban J connectivity index is 1.51. The smallest absolute Gasteiger partial charge is 0.333 e. The Morgan fingerprint density at radius 3 is 2.58 bits per heavy atom. The lowest BCUT2D eigenvalue weighted by Gasteiger charge is -2.09. The zero-order chi connectivity index (χ0) is 21.8. The van der Waals surface area contributed by atoms with Crippen molar-refractivity contribution in [1.29, 1.82) is 0 Å². The van der Waals surface area contributed by atoms with Crippen LogP contribution in [0.3, 0.4) is 0 Å². The minimum absolute atomic E-state index is 0.0399. The number of benzene rings is 1. The standard InChI is InChI=1S/C20H17N7O4/c28-17-8-7-16(25-11-4-9-23-25)24-26(17)12-10-21-18(29)15-13-22-20(31)27(19(15)30)14-5-2-1-3-6-14/h1-9,11,13H,10,12H2,(H,21,29)(H,22,31). The maximum absolute atomic E-state index is 12.7. The van der Waals surface area contributed by atoms with E-state index in [9.17, 15) is 19.2 Å². The molecule has 1 aromatic carbocycles. The molecule has 0 unspecified atom stereocenters. The maximum atomic E-state index is 12.7. The van der Waals surface area contributed by atoms with E-state index in [1.54, 1.807) is 48.8 Å². The van der Waals surface area contributed by atoms with E-state index < -0.39 is 17.2 Å². The summed E-state index contributed by atoms with van der Waals surface area (Å²) in [5, 5.41) is 10.8. The molecule has 0 fully saturated rings. The highest BCUT2D eigenvalue weighted by atomic mass is 16.2. The molecule has 0 spiro atoms. The Kier molecular flexibility index (Phi) is 5.39. The normalized spacial score (nSPS) is 10.7. The van der Waals surface area contributed by atoms with Crippen molar-refractivity contribution in [3.8, 4) is 11.5 Å². The predicted molar refractivity (Wildman–Crippen MR) is 111 cm³/mol. The number of carbonyl (C=O) groups excluding carboxylic acids is 1. The lowest BCUT2D eigenvalue weighted by Crippen LogP contribution is -2.40. The first kappa shape index (κ1) is 19.8. The van der Waals surface area contributed by atoms with Crippen LogP contribution in [-0.4, -0.2) is 41.6 Å². The number of hydrogen-bond acceptors (Lipinski definition) is 6. The molecule has 4 rings (SSSR count). The number of rotatable bonds is 6. The van der Waals surface area contributed by atoms with Gasteiger partial charge in [-0.1, -0.05) is 18.2 Å². The van der Waals surface area contributed by atoms with Crippen LogP contribution in [0.15, 0.2) is 81.5 Å². The summed E-state index contributed by atoms with van der Waals surface area (Å²) in [7, 11) is 0. The van der Waals surface area contributed by atoms with Gasteiger partial charge in [-0.25, -0.2) is 18.7 Å². The number of nitrogens with one attached hydrogen (secondary N) is 2. The van der Waals surface area contributed by atoms with E-state index in [-0.39, 0.29) is 24.2 Å². The van der Waals surface area contributed by atoms with Crippen LogP contribution in [0.1, 0.15) is 10.4 Å². The molecule has 11 heteroatoms. The van der Waals surface area contributed by atoms with Crippen molar-refractivity contribution in [1.82, 2.24) is 34.4 Å². The quantitative estimate of drug-likeness (QED) is 0.440. The monoisotopic (exact) mass is 419 g/mol. The molecule has 3 aromatic heterocycles. The zero-order valence-corrected chi connectivity index (χ0v) is 16.1. The fraction of sp³-hybridized carbons (Fsp3) is 0.100. The average molecular weight is 419 g/mol. The highest BCUT2D eigenvalue weighted by Crippen LogP contribution is 2.01. The van der Waals surface area contributed by atoms with Crippen molar-refractivity contribution >= 4 is 5.91 Å². The van der Waals surface area contributed by atoms with Crippen molar-refractivity contribution < 1.29 is 4.79 Å². The van der Waals surface area contributed by atoms with Gasteiger partial charge in [0.15, 0.2) is 5.82 Å². The Hall–Kier alpha value is -4.54. The number of para-hydroxylation sites is 1. The SMILES string of the molecule is O=C(NCCn1nc(-n2cccn2)ccc1=O)c1c[nH]c(=O)n(-c2ccccc2)c1=O. The zero-order valence-electron chi connectivity index (χ0n) is 16.1. The van der Waals surface area contributed by atoms with Gasteiger partial charge in [-0.3, -0.25) is 14.4 Å². The predicted octanol–water partition coefficient (Wildman–Crippen LogP) is -0.302. The highest BCUT2D eigenvalue weighted by Gasteiger charge is 2.15. The van der Waals surface area contributed by atoms with Crippen molar-refractivity contribution in [2.75, 3.05) is 6.54 Å². The summed E-state index contributed by atoms with van der Waals surface area (Å²) >= 11 is 0. The minimum Gasteiger partial charge on any atom is -0.350 e. The summed E-state index contributed by atoms with van der Waals surface area (Å²) in [6.45, 7) is 0.119. The molecule has 0 radical (unpaired) electrons. The molecule has 0 saturated carbocycles. The summed E-state index contributed by atoms with van der Waals surface area (Å²) < 4.78 is 3.57. The molecule has 31 heavy (non-hydrogen) atoms. The molecule has 0 saturated heterocycles. The molecule has 3 heterocycles. The molecule has 0 atom stereocenters. The van der Waals surface area contributed by atoms with Gasteiger partial charge >= 0.3 is 5.69 Å². The Morgan fingerprint density at radius 1 is 1.03 bits per heavy atom. The first-order chi connectivity index (χ1) is 15.0. The van der Waals surface area contributed by atoms with E-state index in [0.717, 1.165) is 10.8 Å². The van der Waals surface area contributed by atoms with Gasteiger partial charge in [0.2, 0.25) is 0 Å². The largest absolute Gasteiger partial charge is 0.350 e. The molecule has 0 bridgehead atoms. The molecule has 2 N–H and O–H groups in total. The van der Waals surface area contributed by atoms with E-state index in [1.165, 1.54) is 21.5 Å². The topological polar surface area (TPSA) is 137 Å². The van der Waals surface area contributed by atoms with Crippen LogP contribution in [0.5, 0.6) is 0 Å². The first-order valence-electron chi connectivity index (χ1n) is 9.31. The van der Waals surface area contributed by atoms with E-state index in [1.807, 2.05) is 0 Å². The van der Waals surface area contributed by atoms with Crippen LogP contribution >= 0.6 is 0 Å². The summed E-state index contributed by atoms with van der Waals surface area (Å²) in [6, 6.07) is 12.9. The molecular formula is C20H17N7O4. The number of carbonyl (C=O) groups is 1. The second-order valence-corrected chi connectivity index (χ2v) is 6.44. The molecule has 0 aliphatic carbocycles. The third-order valence-electron chi connectivity index (χ3n) is 4.44. The maximum Gasteiger partial charge on any atom is 0.333 e. The highest BCUT2D eigenvalue weighted by molar-refractivity contribution is 5.93. The second-order valence-electron chi connectivity index (χ2n) is 6.44. The van der Waals surface area contributed by atoms with Crippen molar-refractivity contribution in [3.05, 3.63) is 104 Å². The van der Waals surface area contributed by atoms with Crippen molar-refractivity contribution in [2.24, 2.45) is 0 Å². The molecule has 4 aromatic rings. The van der Waals surface area contributed by atoms with Gasteiger partial charge in [0.25, 0.3) is 17.0 Å². The van der Waals surface area contributed by atoms with Gasteiger partial charge in [-0.15, -0.1) is 5.10 Å². The van der Waals surface area contributed by atoms with Gasteiger partial charge < -0.3 is 10.3 Å². The average Bonchev–Trinajstić information content (AvgIpc) is 3.31. The molecule has 0 aliphatic heterocycles. The van der Waals surface area contributed by atoms with E-state index in [4.69, 9.17) is 0 Å². The van der Waals surface area contributed by atoms with Crippen molar-refractivity contribution in [3.63, 3.8) is 0 Å². The first-order valence-corrected chi connectivity index (χ1v) is 9.31. The number of aromatic amines is 1. The van der Waals surface area contributed by atoms with Crippen molar-refractivity contribution in [2.45, 2.75) is 6.54 Å². The molecule has 11 nitrogen and oxygen atoms in total. The number of hydrogen-bond donors (Lipinski definition) is 2. The second kappa shape index (κ2) is 8.45. The number of amides is 1. The van der Waals surface area contributed by atoms with E-state index in [0.29, 0.717) is 11.5 Å². The lowest BCUT2D eigenvalue weighted by molar-refractivity contribution is 0.0949. The van der Waals surface area contributed by atoms with E-state index in [2.05, 4.69) is 20.5 Å². The summed E-state index contributed by atoms with van der Waals surface area (Å²) in [5.74, 6) is -0.232. The summed E-state index contributed by atoms with van der Waals surface area (Å²) in [5.41, 5.74) is -1.63. The summed E-state index contributed by atoms with van der Waals surface area (Å²) in [6.07, 6.45) is 4.35. The van der Waals surface area contributed by atoms with Crippen LogP contribution in [0.4, 0.5) is 0 Å². The number of nitrogens with zero attached hydrogens (tertiary/aromatic N) is 5. The molecule has 156 valence electrons. The van der Waals surface area contributed by atoms with Gasteiger partial charge in [-0.05, 0) is 24.3 Å². The third kappa shape index (κ3) is 4.10. The van der Waals surface area contributed by atoms with Gasteiger partial charge in [0.1, 0.15) is 5.56 Å². The fourth-order valence-electron chi connectivity index (χ4n) is 2.94. The van der Waals surface area contributed by atoms with Crippen LogP contribution in [-0.2, 0) is 6.54 Å². The van der Waals surface area contributed by atoms with Gasteiger partial charge in [0.05, 0.1) is 12.2 Å². The van der Waals surface area contributed by atoms with Crippen LogP contribution in [0.25, 0.3) is 11.5 Å². The summed E-state index contributed by atoms with van der Waals surface area (Å²) in [4.78, 5) is 51.8. The Labute approximate surface area is 174 Å². The van der Waals surface area contributed by atoms with Crippen LogP contribution in [0, 0.1) is 0 Å². The van der Waals surface area contributed by atoms with Gasteiger partial charge in [0, 0.05) is 31.2 Å². The Morgan fingerprint density at radius 2 is 1.84 bits per heavy atom. The molecule has 0 aliphatic rings. The number of aromatic nitrogens is 6. The molecule has 1 amide bonds. The Bertz CT molecular complexity index is 1390. The van der Waals surface area contributed by atoms with Gasteiger partial charge in [-0.2, -0.15) is 5.10 Å². The lowest BCUT2D eigenvalue weighted by atomic mass is 10.2. The minimum atomic E-state index is -0.747. The van der Waals surface area contributed by atoms with E-state index >= 15 is 0 Å².